The van der Waals surface area contributed by atoms with Crippen molar-refractivity contribution in [3.8, 4) is 23.3 Å². The van der Waals surface area contributed by atoms with Gasteiger partial charge in [0.2, 0.25) is 11.8 Å². The van der Waals surface area contributed by atoms with Gasteiger partial charge in [0.1, 0.15) is 6.61 Å². The number of benzene rings is 2. The summed E-state index contributed by atoms with van der Waals surface area (Å²) in [6, 6.07) is 9.04. The van der Waals surface area contributed by atoms with Crippen molar-refractivity contribution in [3.63, 3.8) is 0 Å². The Morgan fingerprint density at radius 1 is 0.864 bits per heavy atom. The molecule has 0 amide bonds. The van der Waals surface area contributed by atoms with E-state index in [2.05, 4.69) is 0 Å². The summed E-state index contributed by atoms with van der Waals surface area (Å²) in [5, 5.41) is 31.7. The fourth-order valence-electron chi connectivity index (χ4n) is 4.76. The highest BCUT2D eigenvalue weighted by Crippen LogP contribution is 2.44. The van der Waals surface area contributed by atoms with Gasteiger partial charge in [-0.1, -0.05) is 23.7 Å². The van der Waals surface area contributed by atoms with E-state index in [1.807, 2.05) is 0 Å². The van der Waals surface area contributed by atoms with Gasteiger partial charge in [-0.25, -0.2) is 4.79 Å². The lowest BCUT2D eigenvalue weighted by Gasteiger charge is -2.24. The highest BCUT2D eigenvalue weighted by Gasteiger charge is 2.34. The van der Waals surface area contributed by atoms with Gasteiger partial charge >= 0.3 is 5.97 Å². The normalized spacial score (nSPS) is 11.2. The van der Waals surface area contributed by atoms with E-state index in [1.54, 1.807) is 19.1 Å². The maximum absolute atomic E-state index is 13.7. The van der Waals surface area contributed by atoms with Gasteiger partial charge in [0.05, 0.1) is 34.2 Å². The molecule has 0 aliphatic heterocycles. The largest absolute Gasteiger partial charge is 0.494 e. The Balaban J connectivity index is 1.99. The first-order valence-corrected chi connectivity index (χ1v) is 14.3. The maximum Gasteiger partial charge on any atom is 0.335 e. The zero-order valence-electron chi connectivity index (χ0n) is 24.3. The summed E-state index contributed by atoms with van der Waals surface area (Å²) in [6.45, 7) is 1.94. The third-order valence-electron chi connectivity index (χ3n) is 7.16. The molecule has 15 heteroatoms. The average molecular weight is 661 g/mol. The van der Waals surface area contributed by atoms with Crippen LogP contribution in [0.25, 0.3) is 0 Å². The number of aromatic nitrogens is 4. The molecule has 4 rings (SSSR count). The van der Waals surface area contributed by atoms with E-state index in [9.17, 15) is 24.6 Å². The molecule has 3 N–H and O–H groups in total. The minimum absolute atomic E-state index is 0.0113. The lowest BCUT2D eigenvalue weighted by atomic mass is 9.86. The number of carboxylic acids is 1. The Bertz CT molecular complexity index is 1940. The van der Waals surface area contributed by atoms with Crippen LogP contribution in [0.1, 0.15) is 45.5 Å². The molecule has 2 aromatic heterocycles. The molecule has 0 bridgehead atoms. The van der Waals surface area contributed by atoms with E-state index < -0.39 is 34.8 Å². The molecular formula is C29H29ClN4O8S2. The summed E-state index contributed by atoms with van der Waals surface area (Å²) in [7, 11) is 5.77. The number of hydrogen-bond acceptors (Lipinski definition) is 9. The van der Waals surface area contributed by atoms with Gasteiger partial charge < -0.3 is 24.8 Å². The molecule has 0 saturated heterocycles. The molecule has 2 heterocycles. The number of halogens is 1. The van der Waals surface area contributed by atoms with Crippen molar-refractivity contribution in [2.24, 2.45) is 28.2 Å². The van der Waals surface area contributed by atoms with Gasteiger partial charge in [-0.2, -0.15) is 0 Å². The number of aromatic carboxylic acids is 1. The molecule has 12 nitrogen and oxygen atoms in total. The van der Waals surface area contributed by atoms with Crippen molar-refractivity contribution in [2.45, 2.75) is 19.4 Å². The van der Waals surface area contributed by atoms with Crippen molar-refractivity contribution in [2.75, 3.05) is 6.61 Å². The lowest BCUT2D eigenvalue weighted by molar-refractivity contribution is 0.0696. The quantitative estimate of drug-likeness (QED) is 0.224. The molecule has 0 radical (unpaired) electrons. The second kappa shape index (κ2) is 12.7. The lowest BCUT2D eigenvalue weighted by Crippen LogP contribution is -2.33. The van der Waals surface area contributed by atoms with Crippen LogP contribution in [0.2, 0.25) is 5.02 Å². The van der Waals surface area contributed by atoms with Crippen molar-refractivity contribution in [3.05, 3.63) is 99.5 Å². The van der Waals surface area contributed by atoms with Gasteiger partial charge in [0.15, 0.2) is 21.0 Å². The summed E-state index contributed by atoms with van der Waals surface area (Å²) in [5.41, 5.74) is -0.924. The van der Waals surface area contributed by atoms with Crippen LogP contribution in [0.3, 0.4) is 0 Å². The van der Waals surface area contributed by atoms with Gasteiger partial charge in [-0.3, -0.25) is 27.9 Å². The second-order valence-electron chi connectivity index (χ2n) is 9.87. The van der Waals surface area contributed by atoms with E-state index in [1.165, 1.54) is 61.6 Å². The summed E-state index contributed by atoms with van der Waals surface area (Å²) >= 11 is 17.3. The molecule has 0 unspecified atom stereocenters. The SMILES string of the molecule is CCOc1cc(C(c2c(O)n(C)c(=S)n(C)c2=O)c2c(O)n(C)c(=S)n(C)c2=O)cc(Cl)c1OCc1ccc(C(=O)O)cc1. The molecule has 0 fully saturated rings. The summed E-state index contributed by atoms with van der Waals surface area (Å²) in [6.07, 6.45) is 0. The van der Waals surface area contributed by atoms with Crippen LogP contribution < -0.4 is 20.6 Å². The van der Waals surface area contributed by atoms with E-state index in [-0.39, 0.29) is 61.5 Å². The number of carbonyl (C=O) groups is 1. The minimum Gasteiger partial charge on any atom is -0.494 e. The van der Waals surface area contributed by atoms with Crippen molar-refractivity contribution in [1.29, 1.82) is 0 Å². The van der Waals surface area contributed by atoms with Crippen LogP contribution in [0.5, 0.6) is 23.3 Å². The van der Waals surface area contributed by atoms with E-state index in [4.69, 9.17) is 50.6 Å². The molecule has 232 valence electrons. The number of aromatic hydroxyl groups is 2. The molecular weight excluding hydrogens is 632 g/mol. The molecule has 0 aliphatic carbocycles. The molecule has 0 saturated carbocycles. The van der Waals surface area contributed by atoms with Crippen molar-refractivity contribution < 1.29 is 29.6 Å². The van der Waals surface area contributed by atoms with E-state index in [0.717, 1.165) is 9.13 Å². The number of rotatable bonds is 9. The molecule has 0 spiro atoms. The monoisotopic (exact) mass is 660 g/mol. The smallest absolute Gasteiger partial charge is 0.335 e. The summed E-state index contributed by atoms with van der Waals surface area (Å²) in [4.78, 5) is 38.5. The van der Waals surface area contributed by atoms with Gasteiger partial charge in [0, 0.05) is 28.2 Å². The van der Waals surface area contributed by atoms with E-state index >= 15 is 0 Å². The Labute approximate surface area is 266 Å². The van der Waals surface area contributed by atoms with Gasteiger partial charge in [0.25, 0.3) is 11.1 Å². The summed E-state index contributed by atoms with van der Waals surface area (Å²) in [5.74, 6) is -3.17. The zero-order valence-corrected chi connectivity index (χ0v) is 26.7. The Kier molecular flexibility index (Phi) is 9.37. The maximum atomic E-state index is 13.7. The Morgan fingerprint density at radius 2 is 1.36 bits per heavy atom. The van der Waals surface area contributed by atoms with Crippen LogP contribution in [0, 0.1) is 9.54 Å². The Hall–Kier alpha value is -4.40. The second-order valence-corrected chi connectivity index (χ2v) is 11.0. The molecule has 4 aromatic rings. The third kappa shape index (κ3) is 5.75. The first-order chi connectivity index (χ1) is 20.7. The summed E-state index contributed by atoms with van der Waals surface area (Å²) < 4.78 is 16.6. The molecule has 0 atom stereocenters. The average Bonchev–Trinajstić information content (AvgIpc) is 3.00. The zero-order chi connectivity index (χ0) is 32.6. The Morgan fingerprint density at radius 3 is 1.82 bits per heavy atom. The number of ether oxygens (including phenoxy) is 2. The van der Waals surface area contributed by atoms with Crippen LogP contribution in [-0.4, -0.2) is 46.2 Å². The first kappa shape index (κ1) is 32.5. The van der Waals surface area contributed by atoms with Crippen LogP contribution in [-0.2, 0) is 34.8 Å². The third-order valence-corrected chi connectivity index (χ3v) is 8.54. The fourth-order valence-corrected chi connectivity index (χ4v) is 5.37. The standard InChI is InChI=1S/C29H29ClN4O8S2/c1-6-41-18-12-16(11-17(30)22(18)42-13-14-7-9-15(10-8-14)27(39)40)19(20-23(35)31(2)28(43)32(3)24(20)36)21-25(37)33(4)29(44)34(5)26(21)38/h7-12,19,35,37H,6,13H2,1-5H3,(H,39,40). The number of carboxylic acid groups (broad SMARTS) is 1. The highest BCUT2D eigenvalue weighted by atomic mass is 35.5. The number of hydrogen-bond donors (Lipinski definition) is 3. The minimum atomic E-state index is -1.37. The first-order valence-electron chi connectivity index (χ1n) is 13.1. The topological polar surface area (TPSA) is 150 Å². The molecule has 2 aromatic carbocycles. The molecule has 0 aliphatic rings. The van der Waals surface area contributed by atoms with Crippen molar-refractivity contribution >= 4 is 42.0 Å². The van der Waals surface area contributed by atoms with Crippen LogP contribution in [0.4, 0.5) is 0 Å². The van der Waals surface area contributed by atoms with Crippen LogP contribution in [0.15, 0.2) is 46.0 Å². The predicted molar refractivity (Wildman–Crippen MR) is 168 cm³/mol. The van der Waals surface area contributed by atoms with E-state index in [0.29, 0.717) is 5.56 Å². The van der Waals surface area contributed by atoms with Gasteiger partial charge in [-0.05, 0) is 66.8 Å². The highest BCUT2D eigenvalue weighted by molar-refractivity contribution is 7.71. The predicted octanol–water partition coefficient (Wildman–Crippen LogP) is 4.14. The van der Waals surface area contributed by atoms with Crippen LogP contribution >= 0.6 is 36.0 Å². The fraction of sp³-hybridized carbons (Fsp3) is 0.276. The number of nitrogens with zero attached hydrogens (tertiary/aromatic N) is 4. The van der Waals surface area contributed by atoms with Crippen molar-refractivity contribution in [1.82, 2.24) is 18.3 Å². The van der Waals surface area contributed by atoms with Gasteiger partial charge in [-0.15, -0.1) is 0 Å². The molecule has 44 heavy (non-hydrogen) atoms.